The second kappa shape index (κ2) is 8.37. The van der Waals surface area contributed by atoms with E-state index in [9.17, 15) is 18.0 Å². The van der Waals surface area contributed by atoms with Crippen LogP contribution in [0.15, 0.2) is 48.8 Å². The highest BCUT2D eigenvalue weighted by Gasteiger charge is 2.30. The van der Waals surface area contributed by atoms with Gasteiger partial charge in [0.05, 0.1) is 11.5 Å². The molecule has 4 rings (SSSR count). The number of nitrogens with zero attached hydrogens (tertiary/aromatic N) is 5. The predicted octanol–water partition coefficient (Wildman–Crippen LogP) is 3.84. The van der Waals surface area contributed by atoms with Gasteiger partial charge in [0.2, 0.25) is 5.91 Å². The molecule has 162 valence electrons. The van der Waals surface area contributed by atoms with Crippen molar-refractivity contribution in [2.75, 3.05) is 23.3 Å². The molecule has 0 radical (unpaired) electrons. The molecule has 0 saturated carbocycles. The molecule has 0 aliphatic carbocycles. The summed E-state index contributed by atoms with van der Waals surface area (Å²) in [6.45, 7) is 3.09. The molecule has 31 heavy (non-hydrogen) atoms. The lowest BCUT2D eigenvalue weighted by atomic mass is 9.97. The molecule has 1 unspecified atom stereocenters. The molecule has 7 nitrogen and oxygen atoms in total. The maximum atomic E-state index is 12.7. The molecular weight excluding hydrogens is 409 g/mol. The number of nitrogens with one attached hydrogen (secondary N) is 1. The van der Waals surface area contributed by atoms with E-state index < -0.39 is 11.7 Å². The van der Waals surface area contributed by atoms with E-state index in [4.69, 9.17) is 0 Å². The fourth-order valence-corrected chi connectivity index (χ4v) is 3.62. The molecule has 10 heteroatoms. The van der Waals surface area contributed by atoms with Gasteiger partial charge in [0.15, 0.2) is 11.6 Å². The van der Waals surface area contributed by atoms with E-state index in [0.29, 0.717) is 30.3 Å². The lowest BCUT2D eigenvalue weighted by molar-refractivity contribution is -0.137. The first-order valence-corrected chi connectivity index (χ1v) is 9.88. The molecule has 1 aliphatic rings. The molecule has 1 aromatic carbocycles. The summed E-state index contributed by atoms with van der Waals surface area (Å²) in [7, 11) is 0. The van der Waals surface area contributed by atoms with Crippen LogP contribution >= 0.6 is 0 Å². The van der Waals surface area contributed by atoms with E-state index in [1.54, 1.807) is 6.20 Å². The molecule has 0 bridgehead atoms. The Labute approximate surface area is 176 Å². The van der Waals surface area contributed by atoms with E-state index in [-0.39, 0.29) is 11.8 Å². The number of benzene rings is 1. The van der Waals surface area contributed by atoms with Gasteiger partial charge in [0.25, 0.3) is 0 Å². The molecule has 0 spiro atoms. The molecular formula is C21H21F3N6O. The van der Waals surface area contributed by atoms with Crippen LogP contribution < -0.4 is 10.2 Å². The molecule has 1 amide bonds. The number of rotatable bonds is 4. The summed E-state index contributed by atoms with van der Waals surface area (Å²) in [6.07, 6.45) is 0.592. The van der Waals surface area contributed by atoms with Crippen molar-refractivity contribution >= 4 is 17.4 Å². The van der Waals surface area contributed by atoms with Gasteiger partial charge in [0, 0.05) is 31.2 Å². The topological polar surface area (TPSA) is 75.9 Å². The number of amides is 1. The monoisotopic (exact) mass is 430 g/mol. The van der Waals surface area contributed by atoms with Gasteiger partial charge in [-0.3, -0.25) is 9.36 Å². The molecule has 1 fully saturated rings. The number of imidazole rings is 1. The van der Waals surface area contributed by atoms with Gasteiger partial charge < -0.3 is 10.2 Å². The minimum absolute atomic E-state index is 0.219. The first-order chi connectivity index (χ1) is 14.8. The van der Waals surface area contributed by atoms with Gasteiger partial charge in [-0.2, -0.15) is 13.2 Å². The summed E-state index contributed by atoms with van der Waals surface area (Å²) in [5, 5.41) is 11.3. The Morgan fingerprint density at radius 1 is 1.10 bits per heavy atom. The zero-order valence-corrected chi connectivity index (χ0v) is 16.8. The average molecular weight is 430 g/mol. The highest BCUT2D eigenvalue weighted by molar-refractivity contribution is 5.93. The van der Waals surface area contributed by atoms with E-state index in [0.717, 1.165) is 30.9 Å². The minimum atomic E-state index is -4.40. The summed E-state index contributed by atoms with van der Waals surface area (Å²) in [5.74, 6) is 1.62. The first kappa shape index (κ1) is 20.8. The number of aromatic nitrogens is 4. The van der Waals surface area contributed by atoms with E-state index in [1.165, 1.54) is 12.1 Å². The molecule has 1 N–H and O–H groups in total. The zero-order chi connectivity index (χ0) is 22.0. The van der Waals surface area contributed by atoms with Crippen molar-refractivity contribution in [2.24, 2.45) is 5.92 Å². The van der Waals surface area contributed by atoms with Crippen molar-refractivity contribution in [2.45, 2.75) is 25.9 Å². The molecule has 2 aromatic heterocycles. The van der Waals surface area contributed by atoms with Crippen molar-refractivity contribution in [3.63, 3.8) is 0 Å². The van der Waals surface area contributed by atoms with Crippen LogP contribution in [0.3, 0.4) is 0 Å². The Bertz CT molecular complexity index is 1050. The Hall–Kier alpha value is -3.43. The first-order valence-electron chi connectivity index (χ1n) is 9.88. The largest absolute Gasteiger partial charge is 0.416 e. The summed E-state index contributed by atoms with van der Waals surface area (Å²) < 4.78 is 39.9. The highest BCUT2D eigenvalue weighted by atomic mass is 19.4. The van der Waals surface area contributed by atoms with Crippen molar-refractivity contribution in [3.8, 4) is 5.82 Å². The third kappa shape index (κ3) is 4.68. The quantitative estimate of drug-likeness (QED) is 0.681. The van der Waals surface area contributed by atoms with Gasteiger partial charge >= 0.3 is 6.18 Å². The standard InChI is InChI=1S/C21H21F3N6O/c1-14-25-10-12-30(14)19-9-8-18(27-28-19)29-11-2-3-15(13-29)20(31)26-17-6-4-16(5-7-17)21(22,23)24/h4-10,12,15H,2-3,11,13H2,1H3,(H,26,31). The van der Waals surface area contributed by atoms with Crippen LogP contribution in [0, 0.1) is 12.8 Å². The third-order valence-electron chi connectivity index (χ3n) is 5.30. The van der Waals surface area contributed by atoms with Crippen molar-refractivity contribution in [1.29, 1.82) is 0 Å². The summed E-state index contributed by atoms with van der Waals surface area (Å²) in [5.41, 5.74) is -0.405. The van der Waals surface area contributed by atoms with Gasteiger partial charge in [0.1, 0.15) is 5.82 Å². The SMILES string of the molecule is Cc1nccn1-c1ccc(N2CCCC(C(=O)Nc3ccc(C(F)(F)F)cc3)C2)nn1. The number of piperidine rings is 1. The molecule has 1 atom stereocenters. The molecule has 3 aromatic rings. The number of carbonyl (C=O) groups excluding carboxylic acids is 1. The van der Waals surface area contributed by atoms with Gasteiger partial charge in [-0.05, 0) is 56.2 Å². The van der Waals surface area contributed by atoms with Gasteiger partial charge in [-0.25, -0.2) is 4.98 Å². The highest BCUT2D eigenvalue weighted by Crippen LogP contribution is 2.30. The van der Waals surface area contributed by atoms with Crippen LogP contribution in [0.2, 0.25) is 0 Å². The van der Waals surface area contributed by atoms with Crippen LogP contribution in [0.25, 0.3) is 5.82 Å². The Kier molecular flexibility index (Phi) is 5.62. The molecule has 1 aliphatic heterocycles. The van der Waals surface area contributed by atoms with Crippen LogP contribution in [0.1, 0.15) is 24.2 Å². The maximum absolute atomic E-state index is 12.7. The van der Waals surface area contributed by atoms with E-state index >= 15 is 0 Å². The van der Waals surface area contributed by atoms with Crippen molar-refractivity contribution in [1.82, 2.24) is 19.7 Å². The fourth-order valence-electron chi connectivity index (χ4n) is 3.62. The van der Waals surface area contributed by atoms with E-state index in [2.05, 4.69) is 20.5 Å². The summed E-state index contributed by atoms with van der Waals surface area (Å²) in [6, 6.07) is 8.16. The van der Waals surface area contributed by atoms with Gasteiger partial charge in [-0.15, -0.1) is 10.2 Å². The third-order valence-corrected chi connectivity index (χ3v) is 5.30. The Balaban J connectivity index is 1.40. The summed E-state index contributed by atoms with van der Waals surface area (Å²) in [4.78, 5) is 18.8. The number of hydrogen-bond acceptors (Lipinski definition) is 5. The summed E-state index contributed by atoms with van der Waals surface area (Å²) >= 11 is 0. The average Bonchev–Trinajstić information content (AvgIpc) is 3.19. The van der Waals surface area contributed by atoms with Crippen LogP contribution in [-0.2, 0) is 11.0 Å². The maximum Gasteiger partial charge on any atom is 0.416 e. The van der Waals surface area contributed by atoms with Crippen molar-refractivity contribution in [3.05, 3.63) is 60.2 Å². The minimum Gasteiger partial charge on any atom is -0.354 e. The second-order valence-corrected chi connectivity index (χ2v) is 7.44. The number of carbonyl (C=O) groups is 1. The van der Waals surface area contributed by atoms with Crippen LogP contribution in [0.5, 0.6) is 0 Å². The normalized spacial score (nSPS) is 16.9. The van der Waals surface area contributed by atoms with Crippen LogP contribution in [-0.4, -0.2) is 38.7 Å². The van der Waals surface area contributed by atoms with E-state index in [1.807, 2.05) is 34.7 Å². The fraction of sp³-hybridized carbons (Fsp3) is 0.333. The molecule has 3 heterocycles. The second-order valence-electron chi connectivity index (χ2n) is 7.44. The van der Waals surface area contributed by atoms with Crippen LogP contribution in [0.4, 0.5) is 24.7 Å². The lowest BCUT2D eigenvalue weighted by Crippen LogP contribution is -2.41. The number of halogens is 3. The van der Waals surface area contributed by atoms with Crippen molar-refractivity contribution < 1.29 is 18.0 Å². The Morgan fingerprint density at radius 2 is 1.81 bits per heavy atom. The lowest BCUT2D eigenvalue weighted by Gasteiger charge is -2.32. The zero-order valence-electron chi connectivity index (χ0n) is 16.8. The van der Waals surface area contributed by atoms with Gasteiger partial charge in [-0.1, -0.05) is 0 Å². The number of hydrogen-bond donors (Lipinski definition) is 1. The number of aryl methyl sites for hydroxylation is 1. The number of alkyl halides is 3. The Morgan fingerprint density at radius 3 is 2.42 bits per heavy atom. The number of anilines is 2. The predicted molar refractivity (Wildman–Crippen MR) is 109 cm³/mol. The smallest absolute Gasteiger partial charge is 0.354 e. The molecule has 1 saturated heterocycles.